The first-order valence-electron chi connectivity index (χ1n) is 41.5. The third-order valence-corrected chi connectivity index (χ3v) is 20.6. The van der Waals surface area contributed by atoms with Gasteiger partial charge in [0.1, 0.15) is 19.3 Å². The second-order valence-corrected chi connectivity index (χ2v) is 32.7. The van der Waals surface area contributed by atoms with E-state index in [1.165, 1.54) is 231 Å². The molecule has 588 valence electrons. The minimum atomic E-state index is -4.96. The van der Waals surface area contributed by atoms with E-state index in [0.717, 1.165) is 102 Å². The van der Waals surface area contributed by atoms with Crippen molar-refractivity contribution in [2.45, 2.75) is 439 Å². The zero-order chi connectivity index (χ0) is 72.8. The van der Waals surface area contributed by atoms with Crippen molar-refractivity contribution >= 4 is 39.5 Å². The Morgan fingerprint density at radius 2 is 0.465 bits per heavy atom. The number of carbonyl (C=O) groups excluding carboxylic acids is 4. The summed E-state index contributed by atoms with van der Waals surface area (Å²) in [5.41, 5.74) is 0. The molecular formula is C80H156O17P2. The highest BCUT2D eigenvalue weighted by atomic mass is 31.2. The van der Waals surface area contributed by atoms with E-state index < -0.39 is 97.5 Å². The summed E-state index contributed by atoms with van der Waals surface area (Å²) in [7, 11) is -9.92. The lowest BCUT2D eigenvalue weighted by Crippen LogP contribution is -2.30. The molecule has 3 N–H and O–H groups in total. The molecule has 0 rings (SSSR count). The second-order valence-electron chi connectivity index (χ2n) is 29.8. The third kappa shape index (κ3) is 74.1. The molecule has 0 aliphatic heterocycles. The Kier molecular flexibility index (Phi) is 70.3. The number of unbranched alkanes of at least 4 members (excludes halogenated alkanes) is 49. The van der Waals surface area contributed by atoms with Gasteiger partial charge in [0.25, 0.3) is 0 Å². The number of aliphatic hydroxyl groups is 1. The quantitative estimate of drug-likeness (QED) is 0.0222. The van der Waals surface area contributed by atoms with Crippen molar-refractivity contribution < 1.29 is 80.2 Å². The van der Waals surface area contributed by atoms with Crippen LogP contribution in [-0.4, -0.2) is 96.7 Å². The van der Waals surface area contributed by atoms with Crippen LogP contribution in [0, 0.1) is 11.8 Å². The van der Waals surface area contributed by atoms with Crippen LogP contribution < -0.4 is 0 Å². The molecule has 0 amide bonds. The minimum absolute atomic E-state index is 0.104. The molecule has 0 aliphatic carbocycles. The van der Waals surface area contributed by atoms with Crippen LogP contribution in [0.5, 0.6) is 0 Å². The van der Waals surface area contributed by atoms with Gasteiger partial charge in [-0.1, -0.05) is 369 Å². The summed E-state index contributed by atoms with van der Waals surface area (Å²) < 4.78 is 68.6. The van der Waals surface area contributed by atoms with Gasteiger partial charge in [0, 0.05) is 25.7 Å². The fourth-order valence-electron chi connectivity index (χ4n) is 12.4. The zero-order valence-electron chi connectivity index (χ0n) is 64.8. The standard InChI is InChI=1S/C80H156O17P2/c1-7-9-11-13-15-17-19-21-23-25-26-27-28-30-32-34-36-40-44-52-58-64-79(84)96-75(68-90-77(82)62-56-50-43-39-35-33-31-29-24-22-20-18-16-14-12-10-8-2)70-94-98(86,87)92-66-74(81)67-93-99(88,89)95-71-76(69-91-78(83)63-57-51-47-46-49-55-61-73(5)6)97-80(85)65-59-53-45-41-37-38-42-48-54-60-72(3)4/h72-76,81H,7-71H2,1-6H3,(H,86,87)(H,88,89)/t74-,75-,76-/m1/s1. The molecule has 0 radical (unpaired) electrons. The van der Waals surface area contributed by atoms with Crippen LogP contribution in [0.2, 0.25) is 0 Å². The average Bonchev–Trinajstić information content (AvgIpc) is 1.00. The number of carbonyl (C=O) groups is 4. The summed E-state index contributed by atoms with van der Waals surface area (Å²) in [6, 6.07) is 0. The smallest absolute Gasteiger partial charge is 0.462 e. The van der Waals surface area contributed by atoms with Crippen LogP contribution in [0.3, 0.4) is 0 Å². The van der Waals surface area contributed by atoms with Gasteiger partial charge in [0.15, 0.2) is 12.2 Å². The first-order chi connectivity index (χ1) is 47.9. The minimum Gasteiger partial charge on any atom is -0.462 e. The number of hydrogen-bond acceptors (Lipinski definition) is 15. The molecule has 0 aromatic heterocycles. The van der Waals surface area contributed by atoms with Crippen LogP contribution >= 0.6 is 15.6 Å². The van der Waals surface area contributed by atoms with Crippen molar-refractivity contribution in [2.24, 2.45) is 11.8 Å². The van der Waals surface area contributed by atoms with Gasteiger partial charge in [-0.05, 0) is 37.5 Å². The molecule has 0 aromatic rings. The van der Waals surface area contributed by atoms with Crippen molar-refractivity contribution in [1.29, 1.82) is 0 Å². The SMILES string of the molecule is CCCCCCCCCCCCCCCCCCCCCCCC(=O)O[C@H](COC(=O)CCCCCCCCCCCCCCCCCCC)COP(=O)(O)OC[C@@H](O)COP(=O)(O)OC[C@@H](COC(=O)CCCCCCCCC(C)C)OC(=O)CCCCCCCCCCCC(C)C. The molecule has 5 atom stereocenters. The predicted octanol–water partition coefficient (Wildman–Crippen LogP) is 23.9. The Balaban J connectivity index is 5.20. The molecule has 0 aromatic carbocycles. The Morgan fingerprint density at radius 1 is 0.273 bits per heavy atom. The summed E-state index contributed by atoms with van der Waals surface area (Å²) in [5, 5.41) is 10.6. The highest BCUT2D eigenvalue weighted by Crippen LogP contribution is 2.45. The summed E-state index contributed by atoms with van der Waals surface area (Å²) in [4.78, 5) is 72.9. The maximum atomic E-state index is 13.1. The second kappa shape index (κ2) is 71.7. The van der Waals surface area contributed by atoms with Crippen molar-refractivity contribution in [2.75, 3.05) is 39.6 Å². The lowest BCUT2D eigenvalue weighted by Gasteiger charge is -2.21. The van der Waals surface area contributed by atoms with Gasteiger partial charge in [-0.2, -0.15) is 0 Å². The maximum Gasteiger partial charge on any atom is 0.472 e. The summed E-state index contributed by atoms with van der Waals surface area (Å²) in [5.74, 6) is -0.698. The topological polar surface area (TPSA) is 237 Å². The molecule has 19 heteroatoms. The molecular weight excluding hydrogens is 1290 g/mol. The predicted molar refractivity (Wildman–Crippen MR) is 405 cm³/mol. The first kappa shape index (κ1) is 97.1. The Bertz CT molecular complexity index is 1910. The largest absolute Gasteiger partial charge is 0.472 e. The summed E-state index contributed by atoms with van der Waals surface area (Å²) in [6.45, 7) is 9.51. The monoisotopic (exact) mass is 1450 g/mol. The summed E-state index contributed by atoms with van der Waals surface area (Å²) in [6.07, 6.45) is 61.4. The normalized spacial score (nSPS) is 13.9. The molecule has 0 saturated carbocycles. The number of phosphoric acid groups is 2. The molecule has 0 spiro atoms. The van der Waals surface area contributed by atoms with Crippen LogP contribution in [-0.2, 0) is 65.4 Å². The molecule has 0 aliphatic rings. The number of aliphatic hydroxyl groups excluding tert-OH is 1. The maximum absolute atomic E-state index is 13.1. The van der Waals surface area contributed by atoms with E-state index in [2.05, 4.69) is 41.5 Å². The molecule has 0 fully saturated rings. The van der Waals surface area contributed by atoms with Gasteiger partial charge < -0.3 is 33.8 Å². The van der Waals surface area contributed by atoms with E-state index in [-0.39, 0.29) is 25.7 Å². The molecule has 0 bridgehead atoms. The van der Waals surface area contributed by atoms with Gasteiger partial charge in [-0.25, -0.2) is 9.13 Å². The highest BCUT2D eigenvalue weighted by Gasteiger charge is 2.30. The molecule has 0 saturated heterocycles. The molecule has 2 unspecified atom stereocenters. The van der Waals surface area contributed by atoms with Crippen LogP contribution in [0.1, 0.15) is 420 Å². The average molecular weight is 1450 g/mol. The Morgan fingerprint density at radius 3 is 0.687 bits per heavy atom. The van der Waals surface area contributed by atoms with Gasteiger partial charge >= 0.3 is 39.5 Å². The van der Waals surface area contributed by atoms with Crippen LogP contribution in [0.25, 0.3) is 0 Å². The molecule has 99 heavy (non-hydrogen) atoms. The van der Waals surface area contributed by atoms with Crippen LogP contribution in [0.4, 0.5) is 0 Å². The van der Waals surface area contributed by atoms with Crippen LogP contribution in [0.15, 0.2) is 0 Å². The van der Waals surface area contributed by atoms with E-state index >= 15 is 0 Å². The van der Waals surface area contributed by atoms with Gasteiger partial charge in [0.2, 0.25) is 0 Å². The third-order valence-electron chi connectivity index (χ3n) is 18.7. The molecule has 0 heterocycles. The van der Waals surface area contributed by atoms with Crippen molar-refractivity contribution in [3.8, 4) is 0 Å². The van der Waals surface area contributed by atoms with Gasteiger partial charge in [0.05, 0.1) is 26.4 Å². The van der Waals surface area contributed by atoms with Gasteiger partial charge in [-0.3, -0.25) is 37.3 Å². The van der Waals surface area contributed by atoms with Gasteiger partial charge in [-0.15, -0.1) is 0 Å². The fourth-order valence-corrected chi connectivity index (χ4v) is 13.9. The van der Waals surface area contributed by atoms with E-state index in [9.17, 15) is 43.2 Å². The van der Waals surface area contributed by atoms with Crippen molar-refractivity contribution in [1.82, 2.24) is 0 Å². The number of phosphoric ester groups is 2. The first-order valence-corrected chi connectivity index (χ1v) is 44.5. The van der Waals surface area contributed by atoms with E-state index in [4.69, 9.17) is 37.0 Å². The van der Waals surface area contributed by atoms with E-state index in [1.807, 2.05) is 0 Å². The summed E-state index contributed by atoms with van der Waals surface area (Å²) >= 11 is 0. The van der Waals surface area contributed by atoms with Crippen molar-refractivity contribution in [3.05, 3.63) is 0 Å². The zero-order valence-corrected chi connectivity index (χ0v) is 66.6. The lowest BCUT2D eigenvalue weighted by atomic mass is 10.0. The Labute approximate surface area is 607 Å². The number of esters is 4. The number of hydrogen-bond donors (Lipinski definition) is 3. The van der Waals surface area contributed by atoms with E-state index in [0.29, 0.717) is 31.6 Å². The lowest BCUT2D eigenvalue weighted by molar-refractivity contribution is -0.161. The van der Waals surface area contributed by atoms with Crippen molar-refractivity contribution in [3.63, 3.8) is 0 Å². The number of rotatable bonds is 79. The highest BCUT2D eigenvalue weighted by molar-refractivity contribution is 7.47. The number of ether oxygens (including phenoxy) is 4. The van der Waals surface area contributed by atoms with E-state index in [1.54, 1.807) is 0 Å². The molecule has 17 nitrogen and oxygen atoms in total. The Hall–Kier alpha value is -1.94. The fraction of sp³-hybridized carbons (Fsp3) is 0.950.